The Kier molecular flexibility index (Phi) is 5.54. The minimum Gasteiger partial charge on any atom is -0.497 e. The third kappa shape index (κ3) is 3.52. The van der Waals surface area contributed by atoms with E-state index in [1.807, 2.05) is 36.4 Å². The van der Waals surface area contributed by atoms with Crippen LogP contribution in [0.15, 0.2) is 41.5 Å². The molecule has 0 aromatic heterocycles. The minimum absolute atomic E-state index is 0.128. The largest absolute Gasteiger partial charge is 0.497 e. The first-order chi connectivity index (χ1) is 15.6. The molecular formula is C22H23N3O7. The van der Waals surface area contributed by atoms with E-state index in [0.29, 0.717) is 11.5 Å². The number of ether oxygens (including phenoxy) is 5. The highest BCUT2D eigenvalue weighted by atomic mass is 16.7. The zero-order valence-corrected chi connectivity index (χ0v) is 17.3. The summed E-state index contributed by atoms with van der Waals surface area (Å²) in [5.41, 5.74) is 11.6. The lowest BCUT2D eigenvalue weighted by Gasteiger charge is -2.48. The first kappa shape index (κ1) is 20.9. The molecule has 10 nitrogen and oxygen atoms in total. The molecule has 0 spiro atoms. The summed E-state index contributed by atoms with van der Waals surface area (Å²) in [4.78, 5) is 2.83. The van der Waals surface area contributed by atoms with Crippen molar-refractivity contribution in [2.24, 2.45) is 5.11 Å². The van der Waals surface area contributed by atoms with Gasteiger partial charge < -0.3 is 33.9 Å². The van der Waals surface area contributed by atoms with Crippen LogP contribution in [0.3, 0.4) is 0 Å². The van der Waals surface area contributed by atoms with Crippen molar-refractivity contribution in [1.82, 2.24) is 0 Å². The van der Waals surface area contributed by atoms with Crippen molar-refractivity contribution >= 4 is 0 Å². The quantitative estimate of drug-likeness (QED) is 0.413. The molecule has 0 bridgehead atoms. The Labute approximate surface area is 183 Å². The smallest absolute Gasteiger partial charge is 0.231 e. The summed E-state index contributed by atoms with van der Waals surface area (Å²) in [5, 5.41) is 25.7. The fourth-order valence-corrected chi connectivity index (χ4v) is 4.69. The lowest BCUT2D eigenvalue weighted by atomic mass is 9.71. The van der Waals surface area contributed by atoms with Crippen molar-refractivity contribution in [1.29, 1.82) is 0 Å². The molecule has 1 fully saturated rings. The van der Waals surface area contributed by atoms with Crippen LogP contribution >= 0.6 is 0 Å². The third-order valence-corrected chi connectivity index (χ3v) is 6.29. The Morgan fingerprint density at radius 2 is 1.88 bits per heavy atom. The van der Waals surface area contributed by atoms with Crippen LogP contribution in [0.2, 0.25) is 0 Å². The Balaban J connectivity index is 1.46. The molecule has 0 unspecified atom stereocenters. The molecule has 0 saturated heterocycles. The van der Waals surface area contributed by atoms with E-state index in [-0.39, 0.29) is 20.0 Å². The average molecular weight is 441 g/mol. The molecule has 0 amide bonds. The minimum atomic E-state index is -1.24. The van der Waals surface area contributed by atoms with Crippen LogP contribution in [0, 0.1) is 0 Å². The van der Waals surface area contributed by atoms with E-state index in [4.69, 9.17) is 29.2 Å². The molecule has 2 heterocycles. The number of methoxy groups -OCH3 is 1. The highest BCUT2D eigenvalue weighted by molar-refractivity contribution is 5.51. The SMILES string of the molecule is COc1ccc(CO[C@@H]2[C@@H](O)[C@H](N=[N+]=[N-])[C@@H](O)[C@H]3c4cc5c(cc4CO[C@@H]23)OCO5)cc1. The normalized spacial score (nSPS) is 30.1. The molecule has 32 heavy (non-hydrogen) atoms. The number of benzene rings is 2. The summed E-state index contributed by atoms with van der Waals surface area (Å²) in [6.45, 7) is 0.593. The van der Waals surface area contributed by atoms with E-state index in [2.05, 4.69) is 10.0 Å². The fourth-order valence-electron chi connectivity index (χ4n) is 4.69. The molecule has 2 N–H and O–H groups in total. The number of hydrogen-bond donors (Lipinski definition) is 2. The van der Waals surface area contributed by atoms with Crippen LogP contribution in [0.4, 0.5) is 0 Å². The van der Waals surface area contributed by atoms with Crippen LogP contribution in [-0.4, -0.2) is 54.6 Å². The van der Waals surface area contributed by atoms with Gasteiger partial charge in [-0.25, -0.2) is 0 Å². The van der Waals surface area contributed by atoms with E-state index < -0.39 is 36.4 Å². The number of hydrogen-bond acceptors (Lipinski definition) is 8. The molecule has 1 aliphatic carbocycles. The van der Waals surface area contributed by atoms with Crippen LogP contribution in [0.1, 0.15) is 22.6 Å². The predicted molar refractivity (Wildman–Crippen MR) is 110 cm³/mol. The fraction of sp³-hybridized carbons (Fsp3) is 0.455. The molecule has 3 aliphatic rings. The molecule has 2 aromatic carbocycles. The molecule has 168 valence electrons. The van der Waals surface area contributed by atoms with Crippen LogP contribution < -0.4 is 14.2 Å². The molecular weight excluding hydrogens is 418 g/mol. The van der Waals surface area contributed by atoms with Gasteiger partial charge in [0, 0.05) is 10.8 Å². The summed E-state index contributed by atoms with van der Waals surface area (Å²) >= 11 is 0. The summed E-state index contributed by atoms with van der Waals surface area (Å²) in [6, 6.07) is 9.93. The van der Waals surface area contributed by atoms with Crippen LogP contribution in [0.5, 0.6) is 17.2 Å². The van der Waals surface area contributed by atoms with E-state index in [1.165, 1.54) is 0 Å². The Morgan fingerprint density at radius 3 is 2.59 bits per heavy atom. The van der Waals surface area contributed by atoms with Gasteiger partial charge in [0.25, 0.3) is 0 Å². The summed E-state index contributed by atoms with van der Waals surface area (Å²) in [5.74, 6) is 1.35. The second kappa shape index (κ2) is 8.50. The second-order valence-electron chi connectivity index (χ2n) is 8.01. The monoisotopic (exact) mass is 441 g/mol. The first-order valence-electron chi connectivity index (χ1n) is 10.3. The maximum atomic E-state index is 11.1. The van der Waals surface area contributed by atoms with Gasteiger partial charge in [0.15, 0.2) is 11.5 Å². The van der Waals surface area contributed by atoms with Gasteiger partial charge in [0.05, 0.1) is 44.7 Å². The number of aliphatic hydroxyl groups excluding tert-OH is 2. The Bertz CT molecular complexity index is 1040. The molecule has 2 aliphatic heterocycles. The van der Waals surface area contributed by atoms with Gasteiger partial charge in [-0.2, -0.15) is 0 Å². The highest BCUT2D eigenvalue weighted by Crippen LogP contribution is 2.47. The zero-order chi connectivity index (χ0) is 22.2. The van der Waals surface area contributed by atoms with Gasteiger partial charge in [0.1, 0.15) is 11.9 Å². The van der Waals surface area contributed by atoms with Gasteiger partial charge >= 0.3 is 0 Å². The zero-order valence-electron chi connectivity index (χ0n) is 17.3. The van der Waals surface area contributed by atoms with Gasteiger partial charge in [-0.05, 0) is 46.5 Å². The number of azide groups is 1. The first-order valence-corrected chi connectivity index (χ1v) is 10.3. The lowest BCUT2D eigenvalue weighted by Crippen LogP contribution is -2.61. The van der Waals surface area contributed by atoms with Crippen LogP contribution in [-0.2, 0) is 22.7 Å². The number of fused-ring (bicyclic) bond motifs is 4. The summed E-state index contributed by atoms with van der Waals surface area (Å²) < 4.78 is 28.3. The van der Waals surface area contributed by atoms with E-state index in [1.54, 1.807) is 7.11 Å². The predicted octanol–water partition coefficient (Wildman–Crippen LogP) is 2.41. The van der Waals surface area contributed by atoms with Gasteiger partial charge in [-0.15, -0.1) is 0 Å². The molecule has 1 saturated carbocycles. The lowest BCUT2D eigenvalue weighted by molar-refractivity contribution is -0.193. The maximum Gasteiger partial charge on any atom is 0.231 e. The van der Waals surface area contributed by atoms with E-state index in [0.717, 1.165) is 22.4 Å². The average Bonchev–Trinajstić information content (AvgIpc) is 3.27. The third-order valence-electron chi connectivity index (χ3n) is 6.29. The Hall–Kier alpha value is -3.01. The van der Waals surface area contributed by atoms with Crippen molar-refractivity contribution in [3.63, 3.8) is 0 Å². The van der Waals surface area contributed by atoms with E-state index >= 15 is 0 Å². The van der Waals surface area contributed by atoms with Crippen LogP contribution in [0.25, 0.3) is 10.4 Å². The van der Waals surface area contributed by atoms with Crippen molar-refractivity contribution in [2.45, 2.75) is 49.6 Å². The standard InChI is InChI=1S/C22H23N3O7/c1-28-13-4-2-11(3-5-13)8-29-22-20(27)18(24-25-23)19(26)17-14-7-16-15(31-10-32-16)6-12(14)9-30-21(17)22/h2-7,17-22,26-27H,8-10H2,1H3/t17-,18-,19+,20+,21-,22-/m1/s1. The molecule has 0 radical (unpaired) electrons. The summed E-state index contributed by atoms with van der Waals surface area (Å²) in [6.07, 6.45) is -3.86. The van der Waals surface area contributed by atoms with Gasteiger partial charge in [-0.1, -0.05) is 17.2 Å². The Morgan fingerprint density at radius 1 is 1.12 bits per heavy atom. The van der Waals surface area contributed by atoms with Gasteiger partial charge in [-0.3, -0.25) is 0 Å². The number of aliphatic hydroxyl groups is 2. The highest BCUT2D eigenvalue weighted by Gasteiger charge is 2.53. The second-order valence-corrected chi connectivity index (χ2v) is 8.01. The topological polar surface area (TPSA) is 135 Å². The van der Waals surface area contributed by atoms with E-state index in [9.17, 15) is 10.2 Å². The number of rotatable bonds is 5. The van der Waals surface area contributed by atoms with Gasteiger partial charge in [0.2, 0.25) is 6.79 Å². The van der Waals surface area contributed by atoms with Crippen molar-refractivity contribution in [3.8, 4) is 17.2 Å². The van der Waals surface area contributed by atoms with Crippen molar-refractivity contribution < 1.29 is 33.9 Å². The molecule has 6 atom stereocenters. The van der Waals surface area contributed by atoms with Crippen molar-refractivity contribution in [3.05, 3.63) is 63.5 Å². The molecule has 5 rings (SSSR count). The molecule has 10 heteroatoms. The van der Waals surface area contributed by atoms with Crippen molar-refractivity contribution in [2.75, 3.05) is 13.9 Å². The maximum absolute atomic E-state index is 11.1. The summed E-state index contributed by atoms with van der Waals surface area (Å²) in [7, 11) is 1.59. The molecule has 2 aromatic rings. The number of nitrogens with zero attached hydrogens (tertiary/aromatic N) is 3.